The number of pyridine rings is 1. The molecule has 9 heteroatoms. The van der Waals surface area contributed by atoms with E-state index in [2.05, 4.69) is 56.7 Å². The van der Waals surface area contributed by atoms with Gasteiger partial charge in [-0.3, -0.25) is 4.79 Å². The van der Waals surface area contributed by atoms with Gasteiger partial charge in [-0.2, -0.15) is 0 Å². The molecule has 3 heterocycles. The number of aryl methyl sites for hydroxylation is 1. The highest BCUT2D eigenvalue weighted by molar-refractivity contribution is 7.26. The van der Waals surface area contributed by atoms with Crippen LogP contribution in [0.2, 0.25) is 0 Å². The normalized spacial score (nSPS) is 11.5. The summed E-state index contributed by atoms with van der Waals surface area (Å²) in [4.78, 5) is 20.6. The maximum absolute atomic E-state index is 12.8. The molecule has 0 aliphatic carbocycles. The fourth-order valence-electron chi connectivity index (χ4n) is 3.26. The summed E-state index contributed by atoms with van der Waals surface area (Å²) in [7, 11) is 0. The molecule has 0 aliphatic heterocycles. The van der Waals surface area contributed by atoms with Crippen LogP contribution in [0.4, 0.5) is 5.82 Å². The number of rotatable bonds is 10. The predicted molar refractivity (Wildman–Crippen MR) is 119 cm³/mol. The molecule has 8 nitrogen and oxygen atoms in total. The van der Waals surface area contributed by atoms with Crippen molar-refractivity contribution in [2.45, 2.75) is 40.5 Å². The lowest BCUT2D eigenvalue weighted by atomic mass is 10.1. The Labute approximate surface area is 175 Å². The van der Waals surface area contributed by atoms with E-state index < -0.39 is 0 Å². The van der Waals surface area contributed by atoms with Crippen LogP contribution in [0.1, 0.15) is 49.7 Å². The molecule has 1 amide bonds. The van der Waals surface area contributed by atoms with E-state index in [1.807, 2.05) is 13.0 Å². The van der Waals surface area contributed by atoms with Gasteiger partial charge in [0.1, 0.15) is 15.0 Å². The van der Waals surface area contributed by atoms with Gasteiger partial charge in [0, 0.05) is 25.3 Å². The van der Waals surface area contributed by atoms with E-state index in [1.54, 1.807) is 0 Å². The van der Waals surface area contributed by atoms with E-state index in [1.165, 1.54) is 11.3 Å². The zero-order chi connectivity index (χ0) is 20.8. The van der Waals surface area contributed by atoms with Gasteiger partial charge in [0.25, 0.3) is 5.91 Å². The third-order valence-electron chi connectivity index (χ3n) is 4.94. The number of nitrogens with zero attached hydrogens (tertiary/aromatic N) is 5. The molecule has 0 aromatic carbocycles. The van der Waals surface area contributed by atoms with Crippen LogP contribution in [0.5, 0.6) is 0 Å². The minimum atomic E-state index is -0.0942. The molecule has 0 bridgehead atoms. The number of hydrogen-bond donors (Lipinski definition) is 2. The summed E-state index contributed by atoms with van der Waals surface area (Å²) >= 11 is 1.50. The molecule has 0 fully saturated rings. The maximum Gasteiger partial charge on any atom is 0.252 e. The van der Waals surface area contributed by atoms with E-state index in [9.17, 15) is 4.79 Å². The number of likely N-dealkylation sites (N-methyl/N-ethyl adjacent to an activating group) is 1. The van der Waals surface area contributed by atoms with Crippen LogP contribution < -0.4 is 10.6 Å². The van der Waals surface area contributed by atoms with E-state index in [0.717, 1.165) is 59.6 Å². The first-order chi connectivity index (χ1) is 14.1. The summed E-state index contributed by atoms with van der Waals surface area (Å²) in [6.07, 6.45) is 1.99. The van der Waals surface area contributed by atoms with Crippen molar-refractivity contribution in [3.8, 4) is 0 Å². The molecule has 0 atom stereocenters. The van der Waals surface area contributed by atoms with E-state index in [4.69, 9.17) is 0 Å². The zero-order valence-corrected chi connectivity index (χ0v) is 18.4. The maximum atomic E-state index is 12.8. The number of unbranched alkanes of at least 4 members (excludes halogenated alkanes) is 1. The molecule has 3 rings (SSSR count). The number of carbonyl (C=O) groups excluding carboxylic acids is 1. The third-order valence-corrected chi connectivity index (χ3v) is 6.02. The molecule has 2 N–H and O–H groups in total. The van der Waals surface area contributed by atoms with Crippen LogP contribution >= 0.6 is 11.3 Å². The van der Waals surface area contributed by atoms with Crippen molar-refractivity contribution in [2.75, 3.05) is 38.0 Å². The Morgan fingerprint density at radius 1 is 1.17 bits per heavy atom. The number of nitrogens with one attached hydrogen (secondary N) is 2. The van der Waals surface area contributed by atoms with Gasteiger partial charge in [0.05, 0.1) is 10.9 Å². The molecule has 0 unspecified atom stereocenters. The van der Waals surface area contributed by atoms with Crippen LogP contribution in [-0.2, 0) is 0 Å². The van der Waals surface area contributed by atoms with Gasteiger partial charge in [-0.05, 0) is 37.7 Å². The van der Waals surface area contributed by atoms with E-state index >= 15 is 0 Å². The highest BCUT2D eigenvalue weighted by Crippen LogP contribution is 2.36. The first-order valence-corrected chi connectivity index (χ1v) is 11.1. The lowest BCUT2D eigenvalue weighted by Crippen LogP contribution is -2.28. The second-order valence-corrected chi connectivity index (χ2v) is 7.97. The van der Waals surface area contributed by atoms with Crippen molar-refractivity contribution in [2.24, 2.45) is 0 Å². The number of amides is 1. The average molecular weight is 416 g/mol. The van der Waals surface area contributed by atoms with Gasteiger partial charge in [-0.25, -0.2) is 4.98 Å². The summed E-state index contributed by atoms with van der Waals surface area (Å²) in [6.45, 7) is 12.7. The number of anilines is 1. The lowest BCUT2D eigenvalue weighted by molar-refractivity contribution is 0.0954. The van der Waals surface area contributed by atoms with Gasteiger partial charge in [0.15, 0.2) is 5.82 Å². The minimum absolute atomic E-state index is 0.0942. The number of carbonyl (C=O) groups is 1. The van der Waals surface area contributed by atoms with Crippen LogP contribution in [0.25, 0.3) is 20.4 Å². The highest BCUT2D eigenvalue weighted by atomic mass is 32.1. The molecule has 3 aromatic heterocycles. The van der Waals surface area contributed by atoms with Crippen LogP contribution in [0.3, 0.4) is 0 Å². The molecule has 0 spiro atoms. The Balaban J connectivity index is 1.95. The van der Waals surface area contributed by atoms with Gasteiger partial charge >= 0.3 is 0 Å². The van der Waals surface area contributed by atoms with Crippen molar-refractivity contribution in [1.82, 2.24) is 30.6 Å². The summed E-state index contributed by atoms with van der Waals surface area (Å²) in [5, 5.41) is 19.5. The topological polar surface area (TPSA) is 95.9 Å². The van der Waals surface area contributed by atoms with Crippen molar-refractivity contribution >= 4 is 43.5 Å². The van der Waals surface area contributed by atoms with Crippen LogP contribution in [0, 0.1) is 6.92 Å². The van der Waals surface area contributed by atoms with Crippen LogP contribution in [-0.4, -0.2) is 63.9 Å². The molecule has 29 heavy (non-hydrogen) atoms. The number of hydrogen-bond acceptors (Lipinski definition) is 8. The molecule has 156 valence electrons. The second kappa shape index (κ2) is 9.89. The van der Waals surface area contributed by atoms with Crippen molar-refractivity contribution in [3.63, 3.8) is 0 Å². The second-order valence-electron chi connectivity index (χ2n) is 6.97. The molecule has 0 saturated heterocycles. The summed E-state index contributed by atoms with van der Waals surface area (Å²) in [5.41, 5.74) is 2.09. The predicted octanol–water partition coefficient (Wildman–Crippen LogP) is 3.23. The Hall–Kier alpha value is -2.39. The summed E-state index contributed by atoms with van der Waals surface area (Å²) in [5.74, 6) is 0.600. The molecule has 0 radical (unpaired) electrons. The molecule has 0 saturated carbocycles. The van der Waals surface area contributed by atoms with Gasteiger partial charge < -0.3 is 15.5 Å². The first kappa shape index (κ1) is 21.3. The van der Waals surface area contributed by atoms with E-state index in [0.29, 0.717) is 23.4 Å². The van der Waals surface area contributed by atoms with Gasteiger partial charge in [0.2, 0.25) is 0 Å². The molecular weight excluding hydrogens is 386 g/mol. The van der Waals surface area contributed by atoms with E-state index in [-0.39, 0.29) is 5.91 Å². The number of aromatic nitrogens is 4. The highest BCUT2D eigenvalue weighted by Gasteiger charge is 2.20. The standard InChI is InChI=1S/C20H29N7OS/c1-5-8-9-22-19(28)14-12-13(4)23-20-15(14)16-17(29-20)18(25-26-24-16)21-10-11-27(6-2)7-3/h12H,5-11H2,1-4H3,(H,22,28)(H,21,24,25). The van der Waals surface area contributed by atoms with Crippen molar-refractivity contribution < 1.29 is 4.79 Å². The Bertz CT molecular complexity index is 984. The average Bonchev–Trinajstić information content (AvgIpc) is 3.09. The first-order valence-electron chi connectivity index (χ1n) is 10.3. The number of thiophene rings is 1. The third kappa shape index (κ3) is 4.79. The molecule has 0 aliphatic rings. The molecular formula is C20H29N7OS. The Morgan fingerprint density at radius 3 is 2.69 bits per heavy atom. The smallest absolute Gasteiger partial charge is 0.252 e. The van der Waals surface area contributed by atoms with Gasteiger partial charge in [-0.15, -0.1) is 21.5 Å². The fraction of sp³-hybridized carbons (Fsp3) is 0.550. The Kier molecular flexibility index (Phi) is 7.27. The summed E-state index contributed by atoms with van der Waals surface area (Å²) < 4.78 is 0.884. The van der Waals surface area contributed by atoms with Crippen molar-refractivity contribution in [1.29, 1.82) is 0 Å². The Morgan fingerprint density at radius 2 is 1.97 bits per heavy atom. The fourth-order valence-corrected chi connectivity index (χ4v) is 4.40. The zero-order valence-electron chi connectivity index (χ0n) is 17.6. The SMILES string of the molecule is CCCCNC(=O)c1cc(C)nc2sc3c(NCCN(CC)CC)nnnc3c12. The number of fused-ring (bicyclic) bond motifs is 3. The monoisotopic (exact) mass is 415 g/mol. The van der Waals surface area contributed by atoms with Crippen LogP contribution in [0.15, 0.2) is 6.07 Å². The quantitative estimate of drug-likeness (QED) is 0.491. The summed E-state index contributed by atoms with van der Waals surface area (Å²) in [6, 6.07) is 1.82. The van der Waals surface area contributed by atoms with Crippen molar-refractivity contribution in [3.05, 3.63) is 17.3 Å². The lowest BCUT2D eigenvalue weighted by Gasteiger charge is -2.18. The molecule has 3 aromatic rings. The van der Waals surface area contributed by atoms with Gasteiger partial charge in [-0.1, -0.05) is 27.2 Å². The largest absolute Gasteiger partial charge is 0.366 e. The minimum Gasteiger partial charge on any atom is -0.366 e.